The topological polar surface area (TPSA) is 71.4 Å². The number of thioether (sulfide) groups is 1. The lowest BCUT2D eigenvalue weighted by atomic mass is 9.94. The van der Waals surface area contributed by atoms with Gasteiger partial charge in [-0.25, -0.2) is 0 Å². The Morgan fingerprint density at radius 2 is 1.80 bits per heavy atom. The lowest BCUT2D eigenvalue weighted by Gasteiger charge is -2.12. The van der Waals surface area contributed by atoms with Crippen LogP contribution in [0.25, 0.3) is 0 Å². The fourth-order valence-corrected chi connectivity index (χ4v) is 1.66. The summed E-state index contributed by atoms with van der Waals surface area (Å²) in [7, 11) is 0. The average Bonchev–Trinajstić information content (AvgIpc) is 2.09. The van der Waals surface area contributed by atoms with Crippen molar-refractivity contribution in [1.29, 1.82) is 0 Å². The molecule has 1 N–H and O–H groups in total. The first-order valence-electron chi connectivity index (χ1n) is 4.73. The van der Waals surface area contributed by atoms with Crippen LogP contribution in [0.1, 0.15) is 27.2 Å². The lowest BCUT2D eigenvalue weighted by Crippen LogP contribution is -2.27. The van der Waals surface area contributed by atoms with Gasteiger partial charge < -0.3 is 5.11 Å². The molecule has 0 rings (SSSR count). The molecule has 15 heavy (non-hydrogen) atoms. The Balaban J connectivity index is 4.29. The third-order valence-corrected chi connectivity index (χ3v) is 2.65. The smallest absolute Gasteiger partial charge is 0.314 e. The number of rotatable bonds is 6. The zero-order chi connectivity index (χ0) is 12.0. The minimum absolute atomic E-state index is 0.0426. The first-order chi connectivity index (χ1) is 6.84. The molecule has 0 amide bonds. The van der Waals surface area contributed by atoms with Crippen molar-refractivity contribution in [2.75, 3.05) is 5.75 Å². The Kier molecular flexibility index (Phi) is 6.24. The van der Waals surface area contributed by atoms with E-state index in [2.05, 4.69) is 0 Å². The summed E-state index contributed by atoms with van der Waals surface area (Å²) in [5.74, 6) is -2.34. The molecule has 0 saturated carbocycles. The van der Waals surface area contributed by atoms with Crippen molar-refractivity contribution in [3.63, 3.8) is 0 Å². The summed E-state index contributed by atoms with van der Waals surface area (Å²) in [4.78, 5) is 32.9. The van der Waals surface area contributed by atoms with Crippen LogP contribution in [0.15, 0.2) is 0 Å². The van der Waals surface area contributed by atoms with Crippen molar-refractivity contribution in [3.05, 3.63) is 0 Å². The van der Waals surface area contributed by atoms with Crippen LogP contribution in [0.4, 0.5) is 0 Å². The van der Waals surface area contributed by atoms with Crippen LogP contribution >= 0.6 is 11.8 Å². The van der Waals surface area contributed by atoms with Gasteiger partial charge in [0.15, 0.2) is 10.9 Å². The van der Waals surface area contributed by atoms with Crippen LogP contribution in [0.2, 0.25) is 0 Å². The first-order valence-corrected chi connectivity index (χ1v) is 5.72. The molecule has 86 valence electrons. The summed E-state index contributed by atoms with van der Waals surface area (Å²) in [6.07, 6.45) is 0.326. The van der Waals surface area contributed by atoms with Gasteiger partial charge in [-0.1, -0.05) is 25.6 Å². The second-order valence-electron chi connectivity index (χ2n) is 3.77. The number of hydrogen-bond donors (Lipinski definition) is 1. The summed E-state index contributed by atoms with van der Waals surface area (Å²) >= 11 is 0.860. The standard InChI is InChI=1S/C10H16O4S/c1-6(2)4-8(10(13)14)9(12)5-15-7(3)11/h6,8H,4-5H2,1-3H3,(H,13,14). The lowest BCUT2D eigenvalue weighted by molar-refractivity contribution is -0.146. The number of ketones is 1. The molecule has 0 bridgehead atoms. The average molecular weight is 232 g/mol. The number of carbonyl (C=O) groups is 3. The van der Waals surface area contributed by atoms with E-state index in [0.717, 1.165) is 11.8 Å². The number of Topliss-reactive ketones (excluding diaryl/α,β-unsaturated/α-hetero) is 1. The van der Waals surface area contributed by atoms with E-state index in [1.165, 1.54) is 6.92 Å². The molecule has 0 aliphatic carbocycles. The maximum Gasteiger partial charge on any atom is 0.314 e. The SMILES string of the molecule is CC(=O)SCC(=O)C(CC(C)C)C(=O)O. The molecule has 0 radical (unpaired) electrons. The van der Waals surface area contributed by atoms with Gasteiger partial charge in [0, 0.05) is 6.92 Å². The molecule has 0 aromatic heterocycles. The highest BCUT2D eigenvalue weighted by atomic mass is 32.2. The zero-order valence-corrected chi connectivity index (χ0v) is 9.97. The predicted molar refractivity (Wildman–Crippen MR) is 58.7 cm³/mol. The summed E-state index contributed by atoms with van der Waals surface area (Å²) < 4.78 is 0. The third kappa shape index (κ3) is 6.28. The molecule has 0 aliphatic heterocycles. The van der Waals surface area contributed by atoms with Gasteiger partial charge >= 0.3 is 5.97 Å². The van der Waals surface area contributed by atoms with Gasteiger partial charge in [0.2, 0.25) is 0 Å². The molecule has 4 nitrogen and oxygen atoms in total. The minimum Gasteiger partial charge on any atom is -0.481 e. The molecule has 1 unspecified atom stereocenters. The zero-order valence-electron chi connectivity index (χ0n) is 9.15. The number of hydrogen-bond acceptors (Lipinski definition) is 4. The van der Waals surface area contributed by atoms with Crippen LogP contribution < -0.4 is 0 Å². The fourth-order valence-electron chi connectivity index (χ4n) is 1.11. The quantitative estimate of drug-likeness (QED) is 0.704. The van der Waals surface area contributed by atoms with Crippen molar-refractivity contribution < 1.29 is 19.5 Å². The van der Waals surface area contributed by atoms with Crippen molar-refractivity contribution in [2.24, 2.45) is 11.8 Å². The van der Waals surface area contributed by atoms with E-state index in [9.17, 15) is 14.4 Å². The minimum atomic E-state index is -1.10. The Morgan fingerprint density at radius 1 is 1.27 bits per heavy atom. The predicted octanol–water partition coefficient (Wildman–Crippen LogP) is 1.58. The van der Waals surface area contributed by atoms with Crippen LogP contribution in [-0.4, -0.2) is 27.7 Å². The van der Waals surface area contributed by atoms with E-state index >= 15 is 0 Å². The highest BCUT2D eigenvalue weighted by molar-refractivity contribution is 8.14. The fraction of sp³-hybridized carbons (Fsp3) is 0.700. The van der Waals surface area contributed by atoms with Gasteiger partial charge in [-0.05, 0) is 12.3 Å². The van der Waals surface area contributed by atoms with Crippen LogP contribution in [0.5, 0.6) is 0 Å². The molecule has 0 fully saturated rings. The highest BCUT2D eigenvalue weighted by Gasteiger charge is 2.26. The summed E-state index contributed by atoms with van der Waals surface area (Å²) in [5.41, 5.74) is 0. The van der Waals surface area contributed by atoms with E-state index in [1.807, 2.05) is 13.8 Å². The van der Waals surface area contributed by atoms with Crippen molar-refractivity contribution >= 4 is 28.6 Å². The van der Waals surface area contributed by atoms with Gasteiger partial charge in [-0.3, -0.25) is 14.4 Å². The number of aliphatic carboxylic acids is 1. The maximum absolute atomic E-state index is 11.5. The normalized spacial score (nSPS) is 12.5. The van der Waals surface area contributed by atoms with Gasteiger partial charge in [-0.15, -0.1) is 0 Å². The molecular formula is C10H16O4S. The molecule has 5 heteroatoms. The molecule has 0 aromatic carbocycles. The van der Waals surface area contributed by atoms with E-state index in [4.69, 9.17) is 5.11 Å². The van der Waals surface area contributed by atoms with Crippen molar-refractivity contribution in [3.8, 4) is 0 Å². The second-order valence-corrected chi connectivity index (χ2v) is 4.92. The summed E-state index contributed by atoms with van der Waals surface area (Å²) in [5, 5.41) is 8.67. The van der Waals surface area contributed by atoms with Gasteiger partial charge in [0.05, 0.1) is 5.75 Å². The maximum atomic E-state index is 11.5. The van der Waals surface area contributed by atoms with Crippen LogP contribution in [0, 0.1) is 11.8 Å². The van der Waals surface area contributed by atoms with Crippen LogP contribution in [0.3, 0.4) is 0 Å². The third-order valence-electron chi connectivity index (χ3n) is 1.81. The van der Waals surface area contributed by atoms with Gasteiger partial charge in [0.1, 0.15) is 5.92 Å². The molecule has 1 atom stereocenters. The van der Waals surface area contributed by atoms with E-state index in [-0.39, 0.29) is 22.6 Å². The van der Waals surface area contributed by atoms with E-state index in [1.54, 1.807) is 0 Å². The number of carboxylic acid groups (broad SMARTS) is 1. The van der Waals surface area contributed by atoms with E-state index in [0.29, 0.717) is 6.42 Å². The molecule has 0 spiro atoms. The Bertz CT molecular complexity index is 260. The van der Waals surface area contributed by atoms with Crippen LogP contribution in [-0.2, 0) is 14.4 Å². The molecule has 0 aliphatic rings. The van der Waals surface area contributed by atoms with Crippen molar-refractivity contribution in [1.82, 2.24) is 0 Å². The number of carboxylic acids is 1. The Morgan fingerprint density at radius 3 is 2.13 bits per heavy atom. The van der Waals surface area contributed by atoms with Crippen molar-refractivity contribution in [2.45, 2.75) is 27.2 Å². The summed E-state index contributed by atoms with van der Waals surface area (Å²) in [6, 6.07) is 0. The Labute approximate surface area is 93.4 Å². The highest BCUT2D eigenvalue weighted by Crippen LogP contribution is 2.16. The largest absolute Gasteiger partial charge is 0.481 e. The molecule has 0 aromatic rings. The molecule has 0 heterocycles. The number of carbonyl (C=O) groups excluding carboxylic acids is 2. The monoisotopic (exact) mass is 232 g/mol. The Hall–Kier alpha value is -0.840. The molecular weight excluding hydrogens is 216 g/mol. The summed E-state index contributed by atoms with van der Waals surface area (Å²) in [6.45, 7) is 5.08. The van der Waals surface area contributed by atoms with Gasteiger partial charge in [-0.2, -0.15) is 0 Å². The van der Waals surface area contributed by atoms with Gasteiger partial charge in [0.25, 0.3) is 0 Å². The second kappa shape index (κ2) is 6.61. The molecule has 0 saturated heterocycles. The first kappa shape index (κ1) is 14.2. The van der Waals surface area contributed by atoms with E-state index < -0.39 is 11.9 Å².